The minimum atomic E-state index is -1.20. The summed E-state index contributed by atoms with van der Waals surface area (Å²) < 4.78 is 23.7. The van der Waals surface area contributed by atoms with Crippen LogP contribution < -0.4 is 0 Å². The molecule has 0 amide bonds. The molecule has 1 saturated carbocycles. The number of ether oxygens (including phenoxy) is 4. The number of nitrogens with zero attached hydrogens (tertiary/aromatic N) is 3. The number of likely N-dealkylation sites (tertiary alicyclic amines) is 2. The number of carbonyl (C=O) groups is 2. The highest BCUT2D eigenvalue weighted by Gasteiger charge is 2.58. The van der Waals surface area contributed by atoms with Crippen LogP contribution in [0.15, 0.2) is 0 Å². The molecule has 3 saturated heterocycles. The van der Waals surface area contributed by atoms with E-state index in [9.17, 15) is 9.59 Å². The van der Waals surface area contributed by atoms with Crippen molar-refractivity contribution in [2.45, 2.75) is 83.8 Å². The van der Waals surface area contributed by atoms with Crippen molar-refractivity contribution in [1.82, 2.24) is 14.7 Å². The van der Waals surface area contributed by atoms with Crippen molar-refractivity contribution in [3.05, 3.63) is 0 Å². The first kappa shape index (κ1) is 27.8. The van der Waals surface area contributed by atoms with Crippen LogP contribution in [0.2, 0.25) is 0 Å². The maximum Gasteiger partial charge on any atom is 0.371 e. The summed E-state index contributed by atoms with van der Waals surface area (Å²) in [5.74, 6) is -1.19. The first-order chi connectivity index (χ1) is 17.2. The van der Waals surface area contributed by atoms with Gasteiger partial charge in [0.15, 0.2) is 0 Å². The van der Waals surface area contributed by atoms with E-state index in [0.29, 0.717) is 12.5 Å². The molecule has 1 atom stereocenters. The van der Waals surface area contributed by atoms with Gasteiger partial charge in [0.05, 0.1) is 31.8 Å². The molecule has 3 heterocycles. The normalized spacial score (nSPS) is 28.9. The summed E-state index contributed by atoms with van der Waals surface area (Å²) in [5.41, 5.74) is -0.606. The molecule has 1 aliphatic carbocycles. The van der Waals surface area contributed by atoms with Gasteiger partial charge in [-0.2, -0.15) is 0 Å². The molecule has 4 aliphatic rings. The molecule has 0 aromatic rings. The number of morpholine rings is 1. The second-order valence-corrected chi connectivity index (χ2v) is 11.8. The quantitative estimate of drug-likeness (QED) is 0.436. The van der Waals surface area contributed by atoms with Crippen LogP contribution in [0.25, 0.3) is 0 Å². The monoisotopic (exact) mass is 509 g/mol. The van der Waals surface area contributed by atoms with Crippen molar-refractivity contribution in [3.8, 4) is 0 Å². The van der Waals surface area contributed by atoms with Crippen LogP contribution in [0.3, 0.4) is 0 Å². The molecule has 0 radical (unpaired) electrons. The number of hydrogen-bond donors (Lipinski definition) is 0. The third-order valence-electron chi connectivity index (χ3n) is 7.83. The summed E-state index contributed by atoms with van der Waals surface area (Å²) in [6.07, 6.45) is 4.95. The molecular weight excluding hydrogens is 462 g/mol. The minimum absolute atomic E-state index is 0.0746. The van der Waals surface area contributed by atoms with Gasteiger partial charge < -0.3 is 18.9 Å². The van der Waals surface area contributed by atoms with E-state index in [1.807, 2.05) is 27.7 Å². The maximum absolute atomic E-state index is 14.0. The standard InChI is InChI=1S/C27H47N3O6/c1-5-34-24(31)22-8-10-23(11-9-22)35-27(29-12-6-7-13-29,25(32)36-26(2,3)4)30-19-21(20-30)18-28-14-16-33-17-15-28/h21-23H,5-20H2,1-4H3. The van der Waals surface area contributed by atoms with Gasteiger partial charge in [0.1, 0.15) is 5.60 Å². The lowest BCUT2D eigenvalue weighted by Crippen LogP contribution is -2.74. The van der Waals surface area contributed by atoms with Crippen LogP contribution in [0, 0.1) is 11.8 Å². The summed E-state index contributed by atoms with van der Waals surface area (Å²) in [5, 5.41) is 0. The van der Waals surface area contributed by atoms with Gasteiger partial charge in [-0.3, -0.25) is 19.5 Å². The predicted octanol–water partition coefficient (Wildman–Crippen LogP) is 2.48. The van der Waals surface area contributed by atoms with E-state index in [1.165, 1.54) is 0 Å². The molecule has 0 bridgehead atoms. The van der Waals surface area contributed by atoms with Crippen LogP contribution in [-0.4, -0.2) is 110 Å². The SMILES string of the molecule is CCOC(=O)C1CCC(OC(C(=O)OC(C)(C)C)(N2CCCC2)N2CC(CN3CCOCC3)C2)CC1. The predicted molar refractivity (Wildman–Crippen MR) is 135 cm³/mol. The Morgan fingerprint density at radius 3 is 2.14 bits per heavy atom. The largest absolute Gasteiger partial charge is 0.466 e. The zero-order valence-corrected chi connectivity index (χ0v) is 22.8. The van der Waals surface area contributed by atoms with E-state index in [-0.39, 0.29) is 24.0 Å². The third-order valence-corrected chi connectivity index (χ3v) is 7.83. The average molecular weight is 510 g/mol. The molecule has 0 spiro atoms. The van der Waals surface area contributed by atoms with Crippen molar-refractivity contribution in [2.75, 3.05) is 65.6 Å². The molecule has 0 aromatic heterocycles. The Kier molecular flexibility index (Phi) is 9.31. The van der Waals surface area contributed by atoms with Gasteiger partial charge in [-0.05, 0) is 72.1 Å². The van der Waals surface area contributed by atoms with Crippen LogP contribution >= 0.6 is 0 Å². The number of hydrogen-bond acceptors (Lipinski definition) is 9. The minimum Gasteiger partial charge on any atom is -0.466 e. The molecule has 36 heavy (non-hydrogen) atoms. The topological polar surface area (TPSA) is 80.8 Å². The van der Waals surface area contributed by atoms with Gasteiger partial charge in [0.25, 0.3) is 5.85 Å². The molecule has 9 heteroatoms. The van der Waals surface area contributed by atoms with E-state index in [4.69, 9.17) is 18.9 Å². The third kappa shape index (κ3) is 6.59. The molecule has 206 valence electrons. The van der Waals surface area contributed by atoms with Gasteiger partial charge in [0, 0.05) is 45.8 Å². The number of rotatable bonds is 9. The van der Waals surface area contributed by atoms with Gasteiger partial charge in [-0.15, -0.1) is 0 Å². The second-order valence-electron chi connectivity index (χ2n) is 11.8. The van der Waals surface area contributed by atoms with Crippen LogP contribution in [0.1, 0.15) is 66.2 Å². The molecule has 1 unspecified atom stereocenters. The summed E-state index contributed by atoms with van der Waals surface area (Å²) in [7, 11) is 0. The Hall–Kier alpha value is -1.26. The second kappa shape index (κ2) is 12.1. The first-order valence-corrected chi connectivity index (χ1v) is 14.1. The zero-order chi connectivity index (χ0) is 25.8. The Morgan fingerprint density at radius 2 is 1.56 bits per heavy atom. The van der Waals surface area contributed by atoms with Crippen molar-refractivity contribution in [2.24, 2.45) is 11.8 Å². The summed E-state index contributed by atoms with van der Waals surface area (Å²) in [6.45, 7) is 15.8. The van der Waals surface area contributed by atoms with E-state index in [2.05, 4.69) is 14.7 Å². The first-order valence-electron chi connectivity index (χ1n) is 14.1. The van der Waals surface area contributed by atoms with E-state index >= 15 is 0 Å². The molecule has 4 rings (SSSR count). The van der Waals surface area contributed by atoms with Gasteiger partial charge in [0.2, 0.25) is 0 Å². The molecule has 0 N–H and O–H groups in total. The Labute approximate surface area is 216 Å². The molecule has 4 fully saturated rings. The lowest BCUT2D eigenvalue weighted by molar-refractivity contribution is -0.295. The summed E-state index contributed by atoms with van der Waals surface area (Å²) >= 11 is 0. The molecule has 9 nitrogen and oxygen atoms in total. The Morgan fingerprint density at radius 1 is 0.917 bits per heavy atom. The average Bonchev–Trinajstić information content (AvgIpc) is 3.35. The van der Waals surface area contributed by atoms with Crippen LogP contribution in [0.5, 0.6) is 0 Å². The fourth-order valence-electron chi connectivity index (χ4n) is 6.01. The lowest BCUT2D eigenvalue weighted by Gasteiger charge is -2.55. The zero-order valence-electron chi connectivity index (χ0n) is 22.8. The molecule has 3 aliphatic heterocycles. The van der Waals surface area contributed by atoms with Crippen molar-refractivity contribution >= 4 is 11.9 Å². The fourth-order valence-corrected chi connectivity index (χ4v) is 6.01. The fraction of sp³-hybridized carbons (Fsp3) is 0.926. The van der Waals surface area contributed by atoms with E-state index in [0.717, 1.165) is 97.6 Å². The van der Waals surface area contributed by atoms with Crippen molar-refractivity contribution in [3.63, 3.8) is 0 Å². The highest BCUT2D eigenvalue weighted by molar-refractivity contribution is 5.79. The maximum atomic E-state index is 14.0. The van der Waals surface area contributed by atoms with Crippen LogP contribution in [-0.2, 0) is 28.5 Å². The van der Waals surface area contributed by atoms with E-state index in [1.54, 1.807) is 0 Å². The number of esters is 2. The Balaban J connectivity index is 1.49. The van der Waals surface area contributed by atoms with Crippen LogP contribution in [0.4, 0.5) is 0 Å². The highest BCUT2D eigenvalue weighted by atomic mass is 16.6. The van der Waals surface area contributed by atoms with Gasteiger partial charge in [-0.1, -0.05) is 0 Å². The molecular formula is C27H47N3O6. The van der Waals surface area contributed by atoms with E-state index < -0.39 is 11.4 Å². The summed E-state index contributed by atoms with van der Waals surface area (Å²) in [6, 6.07) is 0. The summed E-state index contributed by atoms with van der Waals surface area (Å²) in [4.78, 5) is 33.2. The van der Waals surface area contributed by atoms with Gasteiger partial charge in [-0.25, -0.2) is 4.79 Å². The molecule has 0 aromatic carbocycles. The number of carbonyl (C=O) groups excluding carboxylic acids is 2. The van der Waals surface area contributed by atoms with Crippen molar-refractivity contribution in [1.29, 1.82) is 0 Å². The lowest BCUT2D eigenvalue weighted by atomic mass is 9.87. The Bertz CT molecular complexity index is 732. The smallest absolute Gasteiger partial charge is 0.371 e. The van der Waals surface area contributed by atoms with Gasteiger partial charge >= 0.3 is 11.9 Å². The van der Waals surface area contributed by atoms with Crippen molar-refractivity contribution < 1.29 is 28.5 Å². The highest BCUT2D eigenvalue weighted by Crippen LogP contribution is 2.39.